The van der Waals surface area contributed by atoms with Crippen LogP contribution in [-0.4, -0.2) is 53.2 Å². The standard InChI is InChI=1S/C18H25N3O4/c1-24-15-14(8-19-17(20-15)25-2)18(23)12-4-3-5-13(18)10-21(9-12)16(22)11-6-7-11/h8,11-13,23H,3-7,9-10H2,1-2H3. The van der Waals surface area contributed by atoms with Gasteiger partial charge >= 0.3 is 6.01 Å². The second-order valence-electron chi connectivity index (χ2n) is 7.45. The van der Waals surface area contributed by atoms with Gasteiger partial charge in [0.2, 0.25) is 11.8 Å². The van der Waals surface area contributed by atoms with Crippen LogP contribution in [0.3, 0.4) is 0 Å². The average molecular weight is 347 g/mol. The SMILES string of the molecule is COc1ncc(C2(O)C3CCCC2CN(C(=O)C2CC2)C3)c(OC)n1. The fraction of sp³-hybridized carbons (Fsp3) is 0.722. The molecule has 0 spiro atoms. The largest absolute Gasteiger partial charge is 0.481 e. The highest BCUT2D eigenvalue weighted by Crippen LogP contribution is 2.51. The molecule has 0 aromatic carbocycles. The van der Waals surface area contributed by atoms with E-state index in [9.17, 15) is 9.90 Å². The molecule has 4 rings (SSSR count). The van der Waals surface area contributed by atoms with Crippen LogP contribution < -0.4 is 9.47 Å². The molecule has 25 heavy (non-hydrogen) atoms. The highest BCUT2D eigenvalue weighted by molar-refractivity contribution is 5.81. The fourth-order valence-electron chi connectivity index (χ4n) is 4.54. The van der Waals surface area contributed by atoms with Crippen molar-refractivity contribution < 1.29 is 19.4 Å². The summed E-state index contributed by atoms with van der Waals surface area (Å²) in [6.07, 6.45) is 6.48. The van der Waals surface area contributed by atoms with Crippen molar-refractivity contribution in [2.75, 3.05) is 27.3 Å². The Balaban J connectivity index is 1.68. The van der Waals surface area contributed by atoms with Crippen LogP contribution in [0.2, 0.25) is 0 Å². The summed E-state index contributed by atoms with van der Waals surface area (Å²) < 4.78 is 10.5. The number of hydrogen-bond acceptors (Lipinski definition) is 6. The molecule has 1 aromatic heterocycles. The molecule has 2 unspecified atom stereocenters. The molecule has 1 N–H and O–H groups in total. The minimum absolute atomic E-state index is 0.0198. The Bertz CT molecular complexity index is 662. The maximum absolute atomic E-state index is 12.5. The third kappa shape index (κ3) is 2.65. The number of ether oxygens (including phenoxy) is 2. The first kappa shape index (κ1) is 16.6. The van der Waals surface area contributed by atoms with E-state index in [2.05, 4.69) is 9.97 Å². The Kier molecular flexibility index (Phi) is 4.06. The van der Waals surface area contributed by atoms with Crippen LogP contribution in [0.1, 0.15) is 37.7 Å². The van der Waals surface area contributed by atoms with Gasteiger partial charge in [-0.05, 0) is 25.7 Å². The van der Waals surface area contributed by atoms with Crippen LogP contribution in [-0.2, 0) is 10.4 Å². The first-order valence-electron chi connectivity index (χ1n) is 9.04. The first-order chi connectivity index (χ1) is 12.1. The summed E-state index contributed by atoms with van der Waals surface area (Å²) in [5.41, 5.74) is -0.444. The molecule has 1 amide bonds. The third-order valence-electron chi connectivity index (χ3n) is 6.01. The molecule has 3 fully saturated rings. The molecule has 7 heteroatoms. The van der Waals surface area contributed by atoms with Crippen molar-refractivity contribution >= 4 is 5.91 Å². The lowest BCUT2D eigenvalue weighted by molar-refractivity contribution is -0.164. The van der Waals surface area contributed by atoms with E-state index in [4.69, 9.17) is 9.47 Å². The number of aliphatic hydroxyl groups is 1. The van der Waals surface area contributed by atoms with Crippen LogP contribution in [0.25, 0.3) is 0 Å². The molecule has 136 valence electrons. The van der Waals surface area contributed by atoms with Gasteiger partial charge in [0.25, 0.3) is 0 Å². The van der Waals surface area contributed by atoms with Crippen molar-refractivity contribution in [3.8, 4) is 11.9 Å². The fourth-order valence-corrected chi connectivity index (χ4v) is 4.54. The summed E-state index contributed by atoms with van der Waals surface area (Å²) in [6.45, 7) is 1.19. The van der Waals surface area contributed by atoms with Gasteiger partial charge in [0.1, 0.15) is 5.60 Å². The van der Waals surface area contributed by atoms with Gasteiger partial charge in [-0.25, -0.2) is 4.98 Å². The second kappa shape index (κ2) is 6.12. The number of piperidine rings is 1. The van der Waals surface area contributed by atoms with Crippen molar-refractivity contribution in [1.82, 2.24) is 14.9 Å². The molecular weight excluding hydrogens is 322 g/mol. The first-order valence-corrected chi connectivity index (χ1v) is 9.04. The van der Waals surface area contributed by atoms with Gasteiger partial charge in [0, 0.05) is 37.0 Å². The van der Waals surface area contributed by atoms with Gasteiger partial charge in [-0.1, -0.05) is 6.42 Å². The quantitative estimate of drug-likeness (QED) is 0.885. The molecule has 2 atom stereocenters. The van der Waals surface area contributed by atoms with E-state index < -0.39 is 5.60 Å². The topological polar surface area (TPSA) is 84.8 Å². The Morgan fingerprint density at radius 2 is 1.88 bits per heavy atom. The van der Waals surface area contributed by atoms with Crippen molar-refractivity contribution in [3.05, 3.63) is 11.8 Å². The van der Waals surface area contributed by atoms with Crippen molar-refractivity contribution in [3.63, 3.8) is 0 Å². The Morgan fingerprint density at radius 3 is 2.44 bits per heavy atom. The van der Waals surface area contributed by atoms with E-state index in [-0.39, 0.29) is 29.7 Å². The Hall–Kier alpha value is -1.89. The number of fused-ring (bicyclic) bond motifs is 2. The van der Waals surface area contributed by atoms with E-state index in [1.54, 1.807) is 6.20 Å². The predicted octanol–water partition coefficient (Wildman–Crippen LogP) is 1.35. The van der Waals surface area contributed by atoms with E-state index in [1.165, 1.54) is 14.2 Å². The lowest BCUT2D eigenvalue weighted by Crippen LogP contribution is -2.59. The van der Waals surface area contributed by atoms with Gasteiger partial charge < -0.3 is 19.5 Å². The molecule has 1 aromatic rings. The lowest BCUT2D eigenvalue weighted by Gasteiger charge is -2.53. The van der Waals surface area contributed by atoms with Crippen molar-refractivity contribution in [2.45, 2.75) is 37.7 Å². The molecule has 2 bridgehead atoms. The normalized spacial score (nSPS) is 31.6. The van der Waals surface area contributed by atoms with Crippen LogP contribution >= 0.6 is 0 Å². The van der Waals surface area contributed by atoms with Gasteiger partial charge in [-0.15, -0.1) is 0 Å². The van der Waals surface area contributed by atoms with Crippen LogP contribution in [0.4, 0.5) is 0 Å². The average Bonchev–Trinajstić information content (AvgIpc) is 3.45. The molecule has 2 heterocycles. The number of aromatic nitrogens is 2. The number of carbonyl (C=O) groups excluding carboxylic acids is 1. The number of amides is 1. The molecule has 0 radical (unpaired) electrons. The minimum Gasteiger partial charge on any atom is -0.481 e. The maximum atomic E-state index is 12.5. The smallest absolute Gasteiger partial charge is 0.319 e. The number of hydrogen-bond donors (Lipinski definition) is 1. The molecule has 1 aliphatic heterocycles. The second-order valence-corrected chi connectivity index (χ2v) is 7.45. The molecule has 1 saturated heterocycles. The zero-order chi connectivity index (χ0) is 17.6. The van der Waals surface area contributed by atoms with Gasteiger partial charge in [0.15, 0.2) is 0 Å². The van der Waals surface area contributed by atoms with Crippen molar-refractivity contribution in [1.29, 1.82) is 0 Å². The van der Waals surface area contributed by atoms with Gasteiger partial charge in [-0.3, -0.25) is 4.79 Å². The minimum atomic E-state index is -1.06. The Morgan fingerprint density at radius 1 is 1.20 bits per heavy atom. The molecule has 2 saturated carbocycles. The molecule has 2 aliphatic carbocycles. The predicted molar refractivity (Wildman–Crippen MR) is 89.2 cm³/mol. The highest BCUT2D eigenvalue weighted by Gasteiger charge is 2.54. The number of nitrogens with zero attached hydrogens (tertiary/aromatic N) is 3. The zero-order valence-corrected chi connectivity index (χ0v) is 14.8. The lowest BCUT2D eigenvalue weighted by atomic mass is 9.63. The van der Waals surface area contributed by atoms with Crippen LogP contribution in [0, 0.1) is 17.8 Å². The number of rotatable bonds is 4. The van der Waals surface area contributed by atoms with E-state index in [0.29, 0.717) is 24.5 Å². The summed E-state index contributed by atoms with van der Waals surface area (Å²) >= 11 is 0. The summed E-state index contributed by atoms with van der Waals surface area (Å²) in [7, 11) is 3.04. The van der Waals surface area contributed by atoms with Gasteiger partial charge in [0.05, 0.1) is 19.8 Å². The zero-order valence-electron chi connectivity index (χ0n) is 14.8. The van der Waals surface area contributed by atoms with Crippen molar-refractivity contribution in [2.24, 2.45) is 17.8 Å². The summed E-state index contributed by atoms with van der Waals surface area (Å²) in [5, 5.41) is 11.7. The summed E-state index contributed by atoms with van der Waals surface area (Å²) in [6, 6.07) is 0.218. The molecule has 3 aliphatic rings. The van der Waals surface area contributed by atoms with E-state index >= 15 is 0 Å². The summed E-state index contributed by atoms with van der Waals surface area (Å²) in [5.74, 6) is 0.790. The van der Waals surface area contributed by atoms with E-state index in [0.717, 1.165) is 32.1 Å². The van der Waals surface area contributed by atoms with Crippen LogP contribution in [0.5, 0.6) is 11.9 Å². The molecular formula is C18H25N3O4. The molecule has 7 nitrogen and oxygen atoms in total. The number of likely N-dealkylation sites (tertiary alicyclic amines) is 1. The number of methoxy groups -OCH3 is 2. The highest BCUT2D eigenvalue weighted by atomic mass is 16.5. The third-order valence-corrected chi connectivity index (χ3v) is 6.01. The van der Waals surface area contributed by atoms with Gasteiger partial charge in [-0.2, -0.15) is 4.98 Å². The number of carbonyl (C=O) groups is 1. The Labute approximate surface area is 147 Å². The maximum Gasteiger partial charge on any atom is 0.319 e. The van der Waals surface area contributed by atoms with Crippen LogP contribution in [0.15, 0.2) is 6.20 Å². The summed E-state index contributed by atoms with van der Waals surface area (Å²) in [4.78, 5) is 22.9. The van der Waals surface area contributed by atoms with E-state index in [1.807, 2.05) is 4.90 Å². The monoisotopic (exact) mass is 347 g/mol.